The number of halogens is 1. The van der Waals surface area contributed by atoms with Crippen LogP contribution in [0.3, 0.4) is 0 Å². The van der Waals surface area contributed by atoms with Crippen molar-refractivity contribution in [3.05, 3.63) is 74.8 Å². The first kappa shape index (κ1) is 17.4. The molecule has 0 N–H and O–H groups in total. The van der Waals surface area contributed by atoms with Gasteiger partial charge in [-0.2, -0.15) is 0 Å². The summed E-state index contributed by atoms with van der Waals surface area (Å²) in [6.07, 6.45) is -1.38. The van der Waals surface area contributed by atoms with Crippen LogP contribution in [0, 0.1) is 10.1 Å². The van der Waals surface area contributed by atoms with E-state index in [2.05, 4.69) is 4.74 Å². The van der Waals surface area contributed by atoms with Crippen molar-refractivity contribution in [2.75, 3.05) is 7.11 Å². The fourth-order valence-electron chi connectivity index (χ4n) is 1.95. The van der Waals surface area contributed by atoms with Crippen LogP contribution < -0.4 is 0 Å². The van der Waals surface area contributed by atoms with Crippen LogP contribution in [-0.4, -0.2) is 24.0 Å². The van der Waals surface area contributed by atoms with Gasteiger partial charge in [-0.1, -0.05) is 35.9 Å². The van der Waals surface area contributed by atoms with Crippen LogP contribution in [0.2, 0.25) is 5.02 Å². The van der Waals surface area contributed by atoms with Gasteiger partial charge < -0.3 is 9.47 Å². The van der Waals surface area contributed by atoms with Gasteiger partial charge in [0.2, 0.25) is 6.10 Å². The fourth-order valence-corrected chi connectivity index (χ4v) is 2.19. The first-order valence-corrected chi connectivity index (χ1v) is 7.09. The Hall–Kier alpha value is -2.93. The predicted molar refractivity (Wildman–Crippen MR) is 84.7 cm³/mol. The molecule has 0 bridgehead atoms. The molecule has 7 nitrogen and oxygen atoms in total. The number of nitro groups is 1. The van der Waals surface area contributed by atoms with Crippen LogP contribution in [0.4, 0.5) is 5.69 Å². The number of esters is 2. The molecule has 1 atom stereocenters. The molecule has 24 heavy (non-hydrogen) atoms. The van der Waals surface area contributed by atoms with Gasteiger partial charge in [0.15, 0.2) is 0 Å². The van der Waals surface area contributed by atoms with E-state index < -0.39 is 23.0 Å². The van der Waals surface area contributed by atoms with Gasteiger partial charge in [-0.25, -0.2) is 9.59 Å². The van der Waals surface area contributed by atoms with Gasteiger partial charge in [0.05, 0.1) is 17.6 Å². The quantitative estimate of drug-likeness (QED) is 0.466. The van der Waals surface area contributed by atoms with Gasteiger partial charge in [0.25, 0.3) is 5.69 Å². The minimum atomic E-state index is -1.38. The third-order valence-corrected chi connectivity index (χ3v) is 3.46. The summed E-state index contributed by atoms with van der Waals surface area (Å²) in [6.45, 7) is 0. The van der Waals surface area contributed by atoms with Crippen molar-refractivity contribution in [2.45, 2.75) is 6.10 Å². The van der Waals surface area contributed by atoms with E-state index in [1.165, 1.54) is 30.3 Å². The second-order valence-corrected chi connectivity index (χ2v) is 5.04. The van der Waals surface area contributed by atoms with E-state index in [0.717, 1.165) is 13.2 Å². The molecule has 124 valence electrons. The molecule has 1 unspecified atom stereocenters. The van der Waals surface area contributed by atoms with Crippen LogP contribution in [0.15, 0.2) is 48.5 Å². The zero-order chi connectivity index (χ0) is 17.7. The van der Waals surface area contributed by atoms with Crippen molar-refractivity contribution in [3.63, 3.8) is 0 Å². The van der Waals surface area contributed by atoms with Crippen LogP contribution in [0.25, 0.3) is 0 Å². The first-order valence-electron chi connectivity index (χ1n) is 6.71. The number of nitro benzene ring substituents is 1. The molecule has 0 saturated carbocycles. The summed E-state index contributed by atoms with van der Waals surface area (Å²) in [5, 5.41) is 11.0. The Morgan fingerprint density at radius 1 is 1.17 bits per heavy atom. The molecule has 0 aliphatic heterocycles. The number of hydrogen-bond acceptors (Lipinski definition) is 6. The highest BCUT2D eigenvalue weighted by atomic mass is 35.5. The topological polar surface area (TPSA) is 95.7 Å². The highest BCUT2D eigenvalue weighted by molar-refractivity contribution is 6.31. The molecule has 0 aromatic heterocycles. The van der Waals surface area contributed by atoms with Gasteiger partial charge in [-0.3, -0.25) is 10.1 Å². The summed E-state index contributed by atoms with van der Waals surface area (Å²) in [6, 6.07) is 11.3. The number of hydrogen-bond donors (Lipinski definition) is 0. The summed E-state index contributed by atoms with van der Waals surface area (Å²) < 4.78 is 9.81. The van der Waals surface area contributed by atoms with Gasteiger partial charge in [0.1, 0.15) is 0 Å². The maximum atomic E-state index is 12.2. The highest BCUT2D eigenvalue weighted by Gasteiger charge is 2.28. The monoisotopic (exact) mass is 349 g/mol. The molecule has 0 radical (unpaired) electrons. The standard InChI is InChI=1S/C16H12ClNO6/c1-23-16(20)14(12-7-2-3-8-13(12)17)24-15(19)10-5-4-6-11(9-10)18(21)22/h2-9,14H,1H3. The summed E-state index contributed by atoms with van der Waals surface area (Å²) >= 11 is 6.03. The minimum absolute atomic E-state index is 0.0647. The van der Waals surface area contributed by atoms with E-state index in [1.54, 1.807) is 12.1 Å². The molecular formula is C16H12ClNO6. The predicted octanol–water partition coefficient (Wildman–Crippen LogP) is 3.32. The van der Waals surface area contributed by atoms with Crippen molar-refractivity contribution in [3.8, 4) is 0 Å². The van der Waals surface area contributed by atoms with Gasteiger partial charge >= 0.3 is 11.9 Å². The van der Waals surface area contributed by atoms with E-state index in [-0.39, 0.29) is 21.8 Å². The van der Waals surface area contributed by atoms with Crippen molar-refractivity contribution >= 4 is 29.2 Å². The number of non-ortho nitro benzene ring substituents is 1. The molecule has 0 spiro atoms. The summed E-state index contributed by atoms with van der Waals surface area (Å²) in [4.78, 5) is 34.3. The van der Waals surface area contributed by atoms with Crippen molar-refractivity contribution in [1.82, 2.24) is 0 Å². The van der Waals surface area contributed by atoms with Crippen molar-refractivity contribution in [2.24, 2.45) is 0 Å². The second-order valence-electron chi connectivity index (χ2n) is 4.64. The summed E-state index contributed by atoms with van der Waals surface area (Å²) in [5.74, 6) is -1.73. The molecular weight excluding hydrogens is 338 g/mol. The lowest BCUT2D eigenvalue weighted by Gasteiger charge is -2.17. The Labute approximate surface area is 141 Å². The Morgan fingerprint density at radius 3 is 2.50 bits per heavy atom. The van der Waals surface area contributed by atoms with E-state index >= 15 is 0 Å². The first-order chi connectivity index (χ1) is 11.4. The zero-order valence-corrected chi connectivity index (χ0v) is 13.2. The fraction of sp³-hybridized carbons (Fsp3) is 0.125. The lowest BCUT2D eigenvalue weighted by Crippen LogP contribution is -2.21. The number of ether oxygens (including phenoxy) is 2. The molecule has 0 aliphatic carbocycles. The van der Waals surface area contributed by atoms with Crippen molar-refractivity contribution in [1.29, 1.82) is 0 Å². The number of methoxy groups -OCH3 is 1. The third-order valence-electron chi connectivity index (χ3n) is 3.12. The van der Waals surface area contributed by atoms with Crippen molar-refractivity contribution < 1.29 is 24.0 Å². The lowest BCUT2D eigenvalue weighted by atomic mass is 10.1. The van der Waals surface area contributed by atoms with Gasteiger partial charge in [-0.05, 0) is 12.1 Å². The van der Waals surface area contributed by atoms with Crippen LogP contribution in [0.5, 0.6) is 0 Å². The molecule has 2 aromatic rings. The SMILES string of the molecule is COC(=O)C(OC(=O)c1cccc([N+](=O)[O-])c1)c1ccccc1Cl. The number of carbonyl (C=O) groups is 2. The van der Waals surface area contributed by atoms with E-state index in [9.17, 15) is 19.7 Å². The highest BCUT2D eigenvalue weighted by Crippen LogP contribution is 2.28. The Balaban J connectivity index is 2.32. The average molecular weight is 350 g/mol. The molecule has 0 fully saturated rings. The molecule has 8 heteroatoms. The van der Waals surface area contributed by atoms with E-state index in [1.807, 2.05) is 0 Å². The van der Waals surface area contributed by atoms with Crippen LogP contribution in [-0.2, 0) is 14.3 Å². The molecule has 0 heterocycles. The largest absolute Gasteiger partial charge is 0.466 e. The van der Waals surface area contributed by atoms with E-state index in [0.29, 0.717) is 0 Å². The van der Waals surface area contributed by atoms with Crippen LogP contribution >= 0.6 is 11.6 Å². The molecule has 2 aromatic carbocycles. The minimum Gasteiger partial charge on any atom is -0.466 e. The molecule has 2 rings (SSSR count). The maximum Gasteiger partial charge on any atom is 0.352 e. The van der Waals surface area contributed by atoms with Gasteiger partial charge in [0, 0.05) is 22.7 Å². The summed E-state index contributed by atoms with van der Waals surface area (Å²) in [5.41, 5.74) is -0.0771. The summed E-state index contributed by atoms with van der Waals surface area (Å²) in [7, 11) is 1.15. The van der Waals surface area contributed by atoms with E-state index in [4.69, 9.17) is 16.3 Å². The second kappa shape index (κ2) is 7.56. The Bertz CT molecular complexity index is 792. The van der Waals surface area contributed by atoms with Gasteiger partial charge in [-0.15, -0.1) is 0 Å². The molecule has 0 saturated heterocycles. The normalized spacial score (nSPS) is 11.4. The lowest BCUT2D eigenvalue weighted by molar-refractivity contribution is -0.384. The number of rotatable bonds is 5. The van der Waals surface area contributed by atoms with Crippen LogP contribution in [0.1, 0.15) is 22.0 Å². The average Bonchev–Trinajstić information content (AvgIpc) is 2.59. The number of nitrogens with zero attached hydrogens (tertiary/aromatic N) is 1. The Kier molecular flexibility index (Phi) is 5.49. The smallest absolute Gasteiger partial charge is 0.352 e. The zero-order valence-electron chi connectivity index (χ0n) is 12.5. The Morgan fingerprint density at radius 2 is 1.88 bits per heavy atom. The number of benzene rings is 2. The maximum absolute atomic E-state index is 12.2. The number of carbonyl (C=O) groups excluding carboxylic acids is 2. The third kappa shape index (κ3) is 3.88. The molecule has 0 amide bonds. The molecule has 0 aliphatic rings.